The molecule has 0 aliphatic heterocycles. The van der Waals surface area contributed by atoms with E-state index < -0.39 is 0 Å². The molecule has 1 amide bonds. The van der Waals surface area contributed by atoms with Crippen molar-refractivity contribution in [2.75, 3.05) is 46.8 Å². The van der Waals surface area contributed by atoms with Crippen molar-refractivity contribution < 1.29 is 4.79 Å². The molecule has 0 saturated carbocycles. The van der Waals surface area contributed by atoms with E-state index in [0.717, 1.165) is 39.0 Å². The maximum Gasteiger partial charge on any atom is 0.236 e. The lowest BCUT2D eigenvalue weighted by atomic mass is 10.3. The molecule has 4 heteroatoms. The summed E-state index contributed by atoms with van der Waals surface area (Å²) in [6.07, 6.45) is 2.11. The molecule has 0 atom stereocenters. The average Bonchev–Trinajstić information content (AvgIpc) is 2.24. The Bertz CT molecular complexity index is 183. The molecule has 0 fully saturated rings. The van der Waals surface area contributed by atoms with Gasteiger partial charge in [-0.1, -0.05) is 6.92 Å². The zero-order chi connectivity index (χ0) is 12.4. The number of hydrogen-bond acceptors (Lipinski definition) is 3. The Labute approximate surface area is 100.0 Å². The Morgan fingerprint density at radius 3 is 2.38 bits per heavy atom. The van der Waals surface area contributed by atoms with Crippen molar-refractivity contribution >= 4 is 5.91 Å². The van der Waals surface area contributed by atoms with Gasteiger partial charge in [-0.05, 0) is 47.0 Å². The van der Waals surface area contributed by atoms with Gasteiger partial charge in [0, 0.05) is 13.1 Å². The Balaban J connectivity index is 3.74. The number of rotatable bonds is 9. The van der Waals surface area contributed by atoms with Crippen molar-refractivity contribution in [3.63, 3.8) is 0 Å². The van der Waals surface area contributed by atoms with Crippen molar-refractivity contribution in [3.05, 3.63) is 0 Å². The van der Waals surface area contributed by atoms with E-state index in [9.17, 15) is 4.79 Å². The quantitative estimate of drug-likeness (QED) is 0.594. The van der Waals surface area contributed by atoms with Crippen LogP contribution in [-0.2, 0) is 4.79 Å². The summed E-state index contributed by atoms with van der Waals surface area (Å²) in [4.78, 5) is 15.8. The SMILES string of the molecule is CCCNCC(=O)N(CC)CCCN(C)C. The highest BCUT2D eigenvalue weighted by Gasteiger charge is 2.10. The van der Waals surface area contributed by atoms with Gasteiger partial charge in [0.05, 0.1) is 6.54 Å². The lowest BCUT2D eigenvalue weighted by Crippen LogP contribution is -2.39. The molecule has 0 radical (unpaired) electrons. The van der Waals surface area contributed by atoms with Crippen molar-refractivity contribution in [2.24, 2.45) is 0 Å². The summed E-state index contributed by atoms with van der Waals surface area (Å²) in [5, 5.41) is 3.15. The van der Waals surface area contributed by atoms with Crippen LogP contribution < -0.4 is 5.32 Å². The average molecular weight is 229 g/mol. The Morgan fingerprint density at radius 1 is 1.19 bits per heavy atom. The smallest absolute Gasteiger partial charge is 0.236 e. The first kappa shape index (κ1) is 15.4. The van der Waals surface area contributed by atoms with Crippen LogP contribution in [0.2, 0.25) is 0 Å². The highest BCUT2D eigenvalue weighted by atomic mass is 16.2. The monoisotopic (exact) mass is 229 g/mol. The molecule has 0 unspecified atom stereocenters. The van der Waals surface area contributed by atoms with Crippen LogP contribution in [-0.4, -0.2) is 62.5 Å². The zero-order valence-electron chi connectivity index (χ0n) is 11.3. The molecule has 0 aromatic rings. The lowest BCUT2D eigenvalue weighted by Gasteiger charge is -2.22. The van der Waals surface area contributed by atoms with Crippen LogP contribution in [0.3, 0.4) is 0 Å². The predicted octanol–water partition coefficient (Wildman–Crippen LogP) is 0.786. The summed E-state index contributed by atoms with van der Waals surface area (Å²) < 4.78 is 0. The van der Waals surface area contributed by atoms with Crippen LogP contribution in [0.25, 0.3) is 0 Å². The standard InChI is InChI=1S/C12H27N3O/c1-5-8-13-11-12(16)15(6-2)10-7-9-14(3)4/h13H,5-11H2,1-4H3. The molecule has 0 aromatic heterocycles. The summed E-state index contributed by atoms with van der Waals surface area (Å²) in [6.45, 7) is 8.23. The van der Waals surface area contributed by atoms with E-state index in [0.29, 0.717) is 6.54 Å². The molecule has 1 N–H and O–H groups in total. The number of likely N-dealkylation sites (N-methyl/N-ethyl adjacent to an activating group) is 1. The number of carbonyl (C=O) groups is 1. The Morgan fingerprint density at radius 2 is 1.88 bits per heavy atom. The first-order valence-electron chi connectivity index (χ1n) is 6.25. The molecule has 0 aliphatic carbocycles. The number of amides is 1. The van der Waals surface area contributed by atoms with E-state index in [2.05, 4.69) is 31.2 Å². The van der Waals surface area contributed by atoms with Crippen molar-refractivity contribution in [1.82, 2.24) is 15.1 Å². The van der Waals surface area contributed by atoms with E-state index in [1.54, 1.807) is 0 Å². The number of nitrogens with zero attached hydrogens (tertiary/aromatic N) is 2. The van der Waals surface area contributed by atoms with Crippen LogP contribution in [0.4, 0.5) is 0 Å². The maximum atomic E-state index is 11.8. The molecule has 4 nitrogen and oxygen atoms in total. The summed E-state index contributed by atoms with van der Waals surface area (Å²) in [5.41, 5.74) is 0. The molecule has 96 valence electrons. The van der Waals surface area contributed by atoms with E-state index in [4.69, 9.17) is 0 Å². The lowest BCUT2D eigenvalue weighted by molar-refractivity contribution is -0.130. The second-order valence-corrected chi connectivity index (χ2v) is 4.31. The van der Waals surface area contributed by atoms with Crippen molar-refractivity contribution in [2.45, 2.75) is 26.7 Å². The summed E-state index contributed by atoms with van der Waals surface area (Å²) >= 11 is 0. The van der Waals surface area contributed by atoms with Gasteiger partial charge in [-0.2, -0.15) is 0 Å². The molecule has 0 bridgehead atoms. The van der Waals surface area contributed by atoms with E-state index >= 15 is 0 Å². The van der Waals surface area contributed by atoms with Crippen molar-refractivity contribution in [1.29, 1.82) is 0 Å². The minimum Gasteiger partial charge on any atom is -0.342 e. The first-order valence-corrected chi connectivity index (χ1v) is 6.25. The van der Waals surface area contributed by atoms with Gasteiger partial charge >= 0.3 is 0 Å². The molecule has 0 rings (SSSR count). The minimum absolute atomic E-state index is 0.217. The third-order valence-corrected chi connectivity index (χ3v) is 2.47. The molecular weight excluding hydrogens is 202 g/mol. The molecule has 0 aliphatic rings. The molecule has 0 heterocycles. The van der Waals surface area contributed by atoms with Gasteiger partial charge in [-0.15, -0.1) is 0 Å². The fraction of sp³-hybridized carbons (Fsp3) is 0.917. The third kappa shape index (κ3) is 7.65. The van der Waals surface area contributed by atoms with Gasteiger partial charge in [0.1, 0.15) is 0 Å². The van der Waals surface area contributed by atoms with Crippen LogP contribution in [0.5, 0.6) is 0 Å². The summed E-state index contributed by atoms with van der Waals surface area (Å²) in [7, 11) is 4.11. The van der Waals surface area contributed by atoms with Crippen LogP contribution in [0.15, 0.2) is 0 Å². The van der Waals surface area contributed by atoms with E-state index in [1.807, 2.05) is 11.8 Å². The number of nitrogens with one attached hydrogen (secondary N) is 1. The first-order chi connectivity index (χ1) is 7.61. The van der Waals surface area contributed by atoms with E-state index in [1.165, 1.54) is 0 Å². The second-order valence-electron chi connectivity index (χ2n) is 4.31. The van der Waals surface area contributed by atoms with Crippen molar-refractivity contribution in [3.8, 4) is 0 Å². The fourth-order valence-corrected chi connectivity index (χ4v) is 1.52. The molecule has 0 aromatic carbocycles. The maximum absolute atomic E-state index is 11.8. The van der Waals surface area contributed by atoms with Gasteiger partial charge in [0.25, 0.3) is 0 Å². The summed E-state index contributed by atoms with van der Waals surface area (Å²) in [5.74, 6) is 0.217. The highest BCUT2D eigenvalue weighted by molar-refractivity contribution is 5.78. The largest absolute Gasteiger partial charge is 0.342 e. The third-order valence-electron chi connectivity index (χ3n) is 2.47. The van der Waals surface area contributed by atoms with Gasteiger partial charge in [0.2, 0.25) is 5.91 Å². The zero-order valence-corrected chi connectivity index (χ0v) is 11.3. The number of hydrogen-bond donors (Lipinski definition) is 1. The van der Waals surface area contributed by atoms with Gasteiger partial charge in [0.15, 0.2) is 0 Å². The van der Waals surface area contributed by atoms with Crippen LogP contribution in [0.1, 0.15) is 26.7 Å². The van der Waals surface area contributed by atoms with Crippen LogP contribution >= 0.6 is 0 Å². The number of carbonyl (C=O) groups excluding carboxylic acids is 1. The molecule has 0 saturated heterocycles. The molecule has 0 spiro atoms. The van der Waals surface area contributed by atoms with Gasteiger partial charge < -0.3 is 15.1 Å². The van der Waals surface area contributed by atoms with E-state index in [-0.39, 0.29) is 5.91 Å². The van der Waals surface area contributed by atoms with Gasteiger partial charge in [-0.3, -0.25) is 4.79 Å². The molecular formula is C12H27N3O. The Hall–Kier alpha value is -0.610. The second kappa shape index (κ2) is 9.60. The van der Waals surface area contributed by atoms with Crippen LogP contribution in [0, 0.1) is 0 Å². The fourth-order valence-electron chi connectivity index (χ4n) is 1.52. The molecule has 16 heavy (non-hydrogen) atoms. The minimum atomic E-state index is 0.217. The highest BCUT2D eigenvalue weighted by Crippen LogP contribution is 1.93. The normalized spacial score (nSPS) is 10.8. The Kier molecular flexibility index (Phi) is 9.24. The predicted molar refractivity (Wildman–Crippen MR) is 68.6 cm³/mol. The topological polar surface area (TPSA) is 35.6 Å². The van der Waals surface area contributed by atoms with Gasteiger partial charge in [-0.25, -0.2) is 0 Å². The summed E-state index contributed by atoms with van der Waals surface area (Å²) in [6, 6.07) is 0.